The summed E-state index contributed by atoms with van der Waals surface area (Å²) in [6.07, 6.45) is 2.77. The zero-order valence-corrected chi connectivity index (χ0v) is 13.0. The number of aliphatic hydroxyl groups excluding tert-OH is 1. The molecule has 7 nitrogen and oxygen atoms in total. The van der Waals surface area contributed by atoms with Crippen LogP contribution in [0.2, 0.25) is 0 Å². The van der Waals surface area contributed by atoms with Crippen LogP contribution >= 0.6 is 0 Å². The maximum atomic E-state index is 12.6. The summed E-state index contributed by atoms with van der Waals surface area (Å²) < 4.78 is 2.52. The van der Waals surface area contributed by atoms with E-state index < -0.39 is 0 Å². The molecule has 1 N–H and O–H groups in total. The Labute approximate surface area is 127 Å². The minimum Gasteiger partial charge on any atom is -0.393 e. The Balaban J connectivity index is 2.32. The Morgan fingerprint density at radius 3 is 2.45 bits per heavy atom. The lowest BCUT2D eigenvalue weighted by atomic mass is 10.0. The quantitative estimate of drug-likeness (QED) is 0.796. The van der Waals surface area contributed by atoms with Crippen LogP contribution in [0.15, 0.2) is 15.8 Å². The van der Waals surface area contributed by atoms with E-state index in [2.05, 4.69) is 9.88 Å². The van der Waals surface area contributed by atoms with Crippen molar-refractivity contribution < 1.29 is 5.11 Å². The third kappa shape index (κ3) is 2.12. The molecular weight excluding hydrogens is 284 g/mol. The van der Waals surface area contributed by atoms with E-state index in [1.165, 1.54) is 11.6 Å². The summed E-state index contributed by atoms with van der Waals surface area (Å²) in [5.74, 6) is 0. The van der Waals surface area contributed by atoms with Crippen LogP contribution in [0, 0.1) is 6.92 Å². The van der Waals surface area contributed by atoms with Crippen molar-refractivity contribution in [2.24, 2.45) is 14.1 Å². The molecule has 22 heavy (non-hydrogen) atoms. The van der Waals surface area contributed by atoms with E-state index in [4.69, 9.17) is 0 Å². The van der Waals surface area contributed by atoms with Gasteiger partial charge in [0.2, 0.25) is 0 Å². The van der Waals surface area contributed by atoms with Crippen molar-refractivity contribution in [3.05, 3.63) is 32.6 Å². The molecule has 1 aliphatic heterocycles. The Bertz CT molecular complexity index is 844. The predicted octanol–water partition coefficient (Wildman–Crippen LogP) is -0.0983. The molecule has 2 aromatic rings. The molecule has 3 rings (SSSR count). The molecule has 0 spiro atoms. The van der Waals surface area contributed by atoms with Gasteiger partial charge in [-0.1, -0.05) is 0 Å². The lowest BCUT2D eigenvalue weighted by molar-refractivity contribution is 0.145. The van der Waals surface area contributed by atoms with Gasteiger partial charge in [-0.3, -0.25) is 13.9 Å². The summed E-state index contributed by atoms with van der Waals surface area (Å²) in [7, 11) is 3.10. The third-order valence-corrected chi connectivity index (χ3v) is 4.41. The zero-order chi connectivity index (χ0) is 16.0. The molecule has 0 aromatic carbocycles. The second-order valence-corrected chi connectivity index (χ2v) is 5.91. The van der Waals surface area contributed by atoms with Crippen LogP contribution in [0.4, 0.5) is 5.69 Å². The number of rotatable bonds is 1. The standard InChI is InChI=1S/C15H20N4O3/c1-9-8-16-13-11(14(21)18(3)15(22)17(13)2)12(9)19-6-4-10(20)5-7-19/h8,10,20H,4-7H2,1-3H3. The van der Waals surface area contributed by atoms with Gasteiger partial charge in [0.1, 0.15) is 5.39 Å². The largest absolute Gasteiger partial charge is 0.393 e. The highest BCUT2D eigenvalue weighted by molar-refractivity contribution is 5.90. The van der Waals surface area contributed by atoms with E-state index in [1.54, 1.807) is 13.2 Å². The maximum absolute atomic E-state index is 12.6. The highest BCUT2D eigenvalue weighted by atomic mass is 16.3. The molecular formula is C15H20N4O3. The van der Waals surface area contributed by atoms with Crippen LogP contribution in [0.5, 0.6) is 0 Å². The fourth-order valence-electron chi connectivity index (χ4n) is 3.11. The summed E-state index contributed by atoms with van der Waals surface area (Å²) in [4.78, 5) is 31.1. The third-order valence-electron chi connectivity index (χ3n) is 4.41. The first-order chi connectivity index (χ1) is 10.4. The zero-order valence-electron chi connectivity index (χ0n) is 13.0. The minimum atomic E-state index is -0.381. The van der Waals surface area contributed by atoms with Crippen molar-refractivity contribution in [2.75, 3.05) is 18.0 Å². The van der Waals surface area contributed by atoms with Crippen LogP contribution in [-0.2, 0) is 14.1 Å². The van der Waals surface area contributed by atoms with Gasteiger partial charge in [0, 0.05) is 33.4 Å². The predicted molar refractivity (Wildman–Crippen MR) is 84.4 cm³/mol. The van der Waals surface area contributed by atoms with Crippen molar-refractivity contribution in [2.45, 2.75) is 25.9 Å². The van der Waals surface area contributed by atoms with Crippen molar-refractivity contribution in [1.82, 2.24) is 14.1 Å². The monoisotopic (exact) mass is 304 g/mol. The van der Waals surface area contributed by atoms with Crippen LogP contribution in [0.3, 0.4) is 0 Å². The smallest absolute Gasteiger partial charge is 0.332 e. The Morgan fingerprint density at radius 2 is 1.82 bits per heavy atom. The maximum Gasteiger partial charge on any atom is 0.332 e. The summed E-state index contributed by atoms with van der Waals surface area (Å²) in [5.41, 5.74) is 1.43. The summed E-state index contributed by atoms with van der Waals surface area (Å²) in [6, 6.07) is 0. The molecule has 1 aliphatic rings. The van der Waals surface area contributed by atoms with E-state index in [0.717, 1.165) is 15.8 Å². The lowest BCUT2D eigenvalue weighted by Gasteiger charge is -2.33. The molecule has 7 heteroatoms. The van der Waals surface area contributed by atoms with Crippen LogP contribution in [-0.4, -0.2) is 38.4 Å². The molecule has 0 unspecified atom stereocenters. The number of hydrogen-bond acceptors (Lipinski definition) is 5. The van der Waals surface area contributed by atoms with Crippen molar-refractivity contribution in [3.8, 4) is 0 Å². The fourth-order valence-corrected chi connectivity index (χ4v) is 3.11. The number of aromatic nitrogens is 3. The van der Waals surface area contributed by atoms with Gasteiger partial charge < -0.3 is 10.0 Å². The van der Waals surface area contributed by atoms with E-state index in [0.29, 0.717) is 37.0 Å². The Kier molecular flexibility index (Phi) is 3.52. The van der Waals surface area contributed by atoms with Crippen molar-refractivity contribution in [1.29, 1.82) is 0 Å². The highest BCUT2D eigenvalue weighted by Crippen LogP contribution is 2.28. The number of aryl methyl sites for hydroxylation is 2. The van der Waals surface area contributed by atoms with Gasteiger partial charge in [-0.15, -0.1) is 0 Å². The molecule has 1 saturated heterocycles. The molecule has 0 aliphatic carbocycles. The topological polar surface area (TPSA) is 80.4 Å². The van der Waals surface area contributed by atoms with E-state index >= 15 is 0 Å². The molecule has 3 heterocycles. The van der Waals surface area contributed by atoms with Crippen LogP contribution < -0.4 is 16.1 Å². The van der Waals surface area contributed by atoms with Gasteiger partial charge in [0.25, 0.3) is 5.56 Å². The second kappa shape index (κ2) is 5.24. The first-order valence-electron chi connectivity index (χ1n) is 7.40. The van der Waals surface area contributed by atoms with Crippen LogP contribution in [0.25, 0.3) is 11.0 Å². The average Bonchev–Trinajstić information content (AvgIpc) is 2.51. The summed E-state index contributed by atoms with van der Waals surface area (Å²) in [6.45, 7) is 3.29. The van der Waals surface area contributed by atoms with Crippen molar-refractivity contribution in [3.63, 3.8) is 0 Å². The van der Waals surface area contributed by atoms with Gasteiger partial charge in [-0.05, 0) is 25.3 Å². The molecule has 0 amide bonds. The molecule has 0 saturated carbocycles. The van der Waals surface area contributed by atoms with Gasteiger partial charge in [0.05, 0.1) is 11.8 Å². The first kappa shape index (κ1) is 14.8. The summed E-state index contributed by atoms with van der Waals surface area (Å²) in [5, 5.41) is 10.2. The lowest BCUT2D eigenvalue weighted by Crippen LogP contribution is -2.40. The molecule has 2 aromatic heterocycles. The molecule has 118 valence electrons. The average molecular weight is 304 g/mol. The highest BCUT2D eigenvalue weighted by Gasteiger charge is 2.23. The van der Waals surface area contributed by atoms with E-state index in [-0.39, 0.29) is 17.4 Å². The SMILES string of the molecule is Cc1cnc2c(c1N1CCC(O)CC1)c(=O)n(C)c(=O)n2C. The number of anilines is 1. The first-order valence-corrected chi connectivity index (χ1v) is 7.40. The van der Waals surface area contributed by atoms with Gasteiger partial charge in [-0.2, -0.15) is 0 Å². The molecule has 1 fully saturated rings. The van der Waals surface area contributed by atoms with Gasteiger partial charge in [0.15, 0.2) is 5.65 Å². The van der Waals surface area contributed by atoms with E-state index in [9.17, 15) is 14.7 Å². The number of fused-ring (bicyclic) bond motifs is 1. The second-order valence-electron chi connectivity index (χ2n) is 5.91. The van der Waals surface area contributed by atoms with Gasteiger partial charge in [-0.25, -0.2) is 9.78 Å². The number of aliphatic hydroxyl groups is 1. The number of hydrogen-bond donors (Lipinski definition) is 1. The Hall–Kier alpha value is -2.15. The van der Waals surface area contributed by atoms with Crippen molar-refractivity contribution >= 4 is 16.7 Å². The van der Waals surface area contributed by atoms with E-state index in [1.807, 2.05) is 6.92 Å². The summed E-state index contributed by atoms with van der Waals surface area (Å²) >= 11 is 0. The number of nitrogens with zero attached hydrogens (tertiary/aromatic N) is 4. The number of pyridine rings is 1. The normalized spacial score (nSPS) is 16.5. The fraction of sp³-hybridized carbons (Fsp3) is 0.533. The number of piperidine rings is 1. The van der Waals surface area contributed by atoms with Gasteiger partial charge >= 0.3 is 5.69 Å². The Morgan fingerprint density at radius 1 is 1.18 bits per heavy atom. The van der Waals surface area contributed by atoms with Crippen LogP contribution in [0.1, 0.15) is 18.4 Å². The molecule has 0 radical (unpaired) electrons. The molecule has 0 atom stereocenters. The molecule has 0 bridgehead atoms. The minimum absolute atomic E-state index is 0.281.